The molecule has 0 radical (unpaired) electrons. The predicted octanol–water partition coefficient (Wildman–Crippen LogP) is -0.226. The van der Waals surface area contributed by atoms with Gasteiger partial charge in [-0.3, -0.25) is 53.5 Å². The number of aryl methyl sites for hydroxylation is 1. The van der Waals surface area contributed by atoms with Gasteiger partial charge in [-0.25, -0.2) is 29.3 Å². The fourth-order valence-corrected chi connectivity index (χ4v) is 12.6. The molecule has 0 bridgehead atoms. The number of carbonyl (C=O) groups is 11. The maximum absolute atomic E-state index is 13.9. The van der Waals surface area contributed by atoms with Gasteiger partial charge in [-0.1, -0.05) is 35.4 Å². The number of guanidine groups is 1. The van der Waals surface area contributed by atoms with E-state index in [1.54, 1.807) is 25.1 Å². The summed E-state index contributed by atoms with van der Waals surface area (Å²) in [5, 5.41) is 65.7. The van der Waals surface area contributed by atoms with Crippen molar-refractivity contribution in [2.24, 2.45) is 5.73 Å². The van der Waals surface area contributed by atoms with Crippen molar-refractivity contribution in [2.75, 3.05) is 35.7 Å². The second-order valence-corrected chi connectivity index (χ2v) is 25.0. The van der Waals surface area contributed by atoms with E-state index in [-0.39, 0.29) is 103 Å². The lowest BCUT2D eigenvalue weighted by Crippen LogP contribution is -2.58. The summed E-state index contributed by atoms with van der Waals surface area (Å²) in [7, 11) is 2.18. The fourth-order valence-electron chi connectivity index (χ4n) is 10.6. The number of aliphatic hydroxyl groups is 1. The number of esters is 1. The number of anilines is 2. The molecule has 524 valence electrons. The van der Waals surface area contributed by atoms with E-state index in [1.807, 2.05) is 6.92 Å². The molecular weight excluding hydrogens is 1340 g/mol. The van der Waals surface area contributed by atoms with Crippen LogP contribution in [0.1, 0.15) is 97.1 Å². The number of carboxylic acid groups (broad SMARTS) is 3. The Labute approximate surface area is 567 Å². The minimum Gasteiger partial charge on any atom is -0.481 e. The van der Waals surface area contributed by atoms with E-state index in [1.165, 1.54) is 41.1 Å². The number of benzene rings is 2. The summed E-state index contributed by atoms with van der Waals surface area (Å²) in [5.74, 6) is -11.5. The zero-order valence-electron chi connectivity index (χ0n) is 52.8. The number of aromatic amines is 1. The first kappa shape index (κ1) is 73.5. The number of ether oxygens (including phenoxy) is 3. The van der Waals surface area contributed by atoms with Crippen LogP contribution in [0.3, 0.4) is 0 Å². The summed E-state index contributed by atoms with van der Waals surface area (Å²) in [5.41, 5.74) is 12.2. The number of amides is 5. The summed E-state index contributed by atoms with van der Waals surface area (Å²) in [6.45, 7) is 3.25. The molecule has 6 aromatic rings. The van der Waals surface area contributed by atoms with Crippen molar-refractivity contribution in [3.05, 3.63) is 109 Å². The number of carbonyl (C=O) groups excluding carboxylic acids is 8. The number of H-pyrrole nitrogens is 1. The van der Waals surface area contributed by atoms with Crippen molar-refractivity contribution in [1.29, 1.82) is 5.41 Å². The Bertz CT molecular complexity index is 4310. The van der Waals surface area contributed by atoms with E-state index in [9.17, 15) is 82.8 Å². The summed E-state index contributed by atoms with van der Waals surface area (Å²) < 4.78 is 17.4. The number of cyclic esters (lactones) is 1. The molecule has 2 aliphatic rings. The molecule has 0 aliphatic carbocycles. The van der Waals surface area contributed by atoms with Crippen LogP contribution in [0.15, 0.2) is 64.3 Å². The molecule has 5 amide bonds. The van der Waals surface area contributed by atoms with E-state index in [4.69, 9.17) is 36.1 Å². The Kier molecular flexibility index (Phi) is 24.6. The number of hydrogen-bond acceptors (Lipinski definition) is 26. The molecule has 0 fully saturated rings. The molecule has 6 heterocycles. The Morgan fingerprint density at radius 1 is 0.848 bits per heavy atom. The first-order chi connectivity index (χ1) is 47.2. The third-order valence-corrected chi connectivity index (χ3v) is 18.0. The van der Waals surface area contributed by atoms with E-state index in [2.05, 4.69) is 57.2 Å². The number of rotatable bonds is 34. The molecule has 4 aromatic heterocycles. The number of hydrogen-bond donors (Lipinski definition) is 15. The molecule has 8 rings (SSSR count). The number of nitrogen functional groups attached to an aromatic ring is 1. The number of aldehydes is 1. The van der Waals surface area contributed by atoms with Crippen LogP contribution >= 0.6 is 21.6 Å². The average molecular weight is 1410 g/mol. The molecular formula is C61H68N16O20S2. The van der Waals surface area contributed by atoms with Crippen molar-refractivity contribution >= 4 is 127 Å². The van der Waals surface area contributed by atoms with Crippen molar-refractivity contribution in [2.45, 2.75) is 121 Å². The second-order valence-electron chi connectivity index (χ2n) is 22.4. The number of pyridine rings is 2. The molecule has 6 atom stereocenters. The first-order valence-electron chi connectivity index (χ1n) is 30.5. The lowest BCUT2D eigenvalue weighted by Gasteiger charge is -2.31. The van der Waals surface area contributed by atoms with Gasteiger partial charge in [0.15, 0.2) is 22.7 Å². The highest BCUT2D eigenvalue weighted by atomic mass is 33.1. The molecule has 17 N–H and O–H groups in total. The SMILES string of the molecule is CCc1c2c(nc3ccc(OC(=O)OCCSSC[C@@H](C=O)NC(=O)[C@H](CC(=O)O)NC(=O)[C@H](CCCNC(=N)N)NC(=O)[C@H](CC(=O)O)NC(=O)CC[C@H](NC(=O)c4ccc(NCc5cnc6nc(N)[nH]c(=O)c6n5)cc4)C(=O)O)cc13)-c1cc3c(c(=O)n1C2)COC(=O)[C@]3(O)CC. The smallest absolute Gasteiger partial charge is 0.481 e. The van der Waals surface area contributed by atoms with Crippen molar-refractivity contribution in [3.63, 3.8) is 0 Å². The number of nitrogens with one attached hydrogen (secondary N) is 9. The van der Waals surface area contributed by atoms with Crippen LogP contribution in [-0.2, 0) is 84.3 Å². The van der Waals surface area contributed by atoms with Crippen molar-refractivity contribution < 1.29 is 87.4 Å². The summed E-state index contributed by atoms with van der Waals surface area (Å²) >= 11 is 0. The third kappa shape index (κ3) is 18.6. The van der Waals surface area contributed by atoms with Crippen LogP contribution in [0.5, 0.6) is 5.75 Å². The molecule has 2 aromatic carbocycles. The van der Waals surface area contributed by atoms with Crippen LogP contribution in [0, 0.1) is 5.41 Å². The van der Waals surface area contributed by atoms with Crippen molar-refractivity contribution in [3.8, 4) is 17.1 Å². The van der Waals surface area contributed by atoms with Gasteiger partial charge in [-0.2, -0.15) is 4.98 Å². The topological polar surface area (TPSA) is 563 Å². The molecule has 0 saturated heterocycles. The van der Waals surface area contributed by atoms with Gasteiger partial charge in [-0.15, -0.1) is 0 Å². The Morgan fingerprint density at radius 3 is 2.22 bits per heavy atom. The Morgan fingerprint density at radius 2 is 1.55 bits per heavy atom. The standard InChI is InChI=1S/C61H68N16O20S2/c1-3-33-34-18-32(11-12-38(34)71-47-35(33)24-77-43(47)19-37-36(55(77)89)26-96-57(92)61(37,94)4-2)97-60(93)95-16-17-98-99-27-31(25-78)69-52(86)42(21-46(82)83)74-51(85)39(6-5-15-65-58(62)63)72-53(87)41(20-45(80)81)70-44(79)14-13-40(56(90)91)73-50(84)28-7-9-29(10-8-28)66-22-30-23-67-49-48(68-30)54(88)76-59(64)75-49/h7-12,18-19,23,25,31,39-42,66,94H,3-6,13-17,20-22,24,26-27H2,1-2H3,(H,69,86)(H,70,79)(H,72,87)(H,73,84)(H,74,85)(H,80,81)(H,82,83)(H,90,91)(H4,62,63,65)(H3,64,67,75,76,88)/t31-,39+,40+,41+,42+,61+/m1/s1. The fraction of sp³-hybridized carbons (Fsp3) is 0.377. The van der Waals surface area contributed by atoms with Gasteiger partial charge in [0.05, 0.1) is 66.3 Å². The van der Waals surface area contributed by atoms with E-state index in [0.29, 0.717) is 46.4 Å². The highest BCUT2D eigenvalue weighted by molar-refractivity contribution is 8.76. The van der Waals surface area contributed by atoms with E-state index in [0.717, 1.165) is 32.7 Å². The van der Waals surface area contributed by atoms with Crippen LogP contribution < -0.4 is 64.5 Å². The zero-order valence-corrected chi connectivity index (χ0v) is 54.4. The van der Waals surface area contributed by atoms with Gasteiger partial charge in [0.25, 0.3) is 17.0 Å². The molecule has 0 spiro atoms. The molecule has 38 heteroatoms. The summed E-state index contributed by atoms with van der Waals surface area (Å²) in [6.07, 6.45) is -2.57. The number of aliphatic carboxylic acids is 3. The Balaban J connectivity index is 0.802. The predicted molar refractivity (Wildman–Crippen MR) is 352 cm³/mol. The molecule has 2 aliphatic heterocycles. The number of nitrogens with zero attached hydrogens (tertiary/aromatic N) is 5. The minimum absolute atomic E-state index is 0.0102. The highest BCUT2D eigenvalue weighted by Gasteiger charge is 2.46. The largest absolute Gasteiger partial charge is 0.513 e. The van der Waals surface area contributed by atoms with E-state index >= 15 is 0 Å². The highest BCUT2D eigenvalue weighted by Crippen LogP contribution is 2.41. The van der Waals surface area contributed by atoms with Crippen LogP contribution in [0.25, 0.3) is 33.5 Å². The van der Waals surface area contributed by atoms with Gasteiger partial charge in [0, 0.05) is 52.2 Å². The van der Waals surface area contributed by atoms with Gasteiger partial charge in [0.1, 0.15) is 49.4 Å². The number of nitrogens with two attached hydrogens (primary N) is 2. The molecule has 99 heavy (non-hydrogen) atoms. The van der Waals surface area contributed by atoms with E-state index < -0.39 is 138 Å². The number of carboxylic acids is 3. The summed E-state index contributed by atoms with van der Waals surface area (Å²) in [4.78, 5) is 187. The van der Waals surface area contributed by atoms with Crippen LogP contribution in [0.2, 0.25) is 0 Å². The van der Waals surface area contributed by atoms with Gasteiger partial charge in [0.2, 0.25) is 29.6 Å². The number of fused-ring (bicyclic) bond motifs is 6. The zero-order chi connectivity index (χ0) is 71.8. The maximum Gasteiger partial charge on any atom is 0.513 e. The van der Waals surface area contributed by atoms with Gasteiger partial charge in [-0.05, 0) is 86.2 Å². The third-order valence-electron chi connectivity index (χ3n) is 15.6. The van der Waals surface area contributed by atoms with Gasteiger partial charge < -0.3 is 92.7 Å². The number of aromatic nitrogens is 6. The maximum atomic E-state index is 13.9. The normalized spacial score (nSPS) is 15.0. The van der Waals surface area contributed by atoms with Crippen LogP contribution in [-0.4, -0.2) is 177 Å². The molecule has 36 nitrogen and oxygen atoms in total. The van der Waals surface area contributed by atoms with Crippen molar-refractivity contribution in [1.82, 2.24) is 61.4 Å². The monoisotopic (exact) mass is 1410 g/mol. The Hall–Kier alpha value is -11.3. The van der Waals surface area contributed by atoms with Gasteiger partial charge >= 0.3 is 30.0 Å². The average Bonchev–Trinajstić information content (AvgIpc) is 1.62. The second kappa shape index (κ2) is 33.1. The first-order valence-corrected chi connectivity index (χ1v) is 33.0. The van der Waals surface area contributed by atoms with Crippen LogP contribution in [0.4, 0.5) is 16.4 Å². The lowest BCUT2D eigenvalue weighted by molar-refractivity contribution is -0.172. The summed E-state index contributed by atoms with van der Waals surface area (Å²) in [6, 6.07) is 3.64. The lowest BCUT2D eigenvalue weighted by atomic mass is 9.86. The quantitative estimate of drug-likeness (QED) is 0.00471. The minimum atomic E-state index is -2.00. The molecule has 0 saturated carbocycles. The molecule has 0 unspecified atom stereocenters.